The Morgan fingerprint density at radius 2 is 1.87 bits per heavy atom. The first-order valence-electron chi connectivity index (χ1n) is 8.28. The van der Waals surface area contributed by atoms with Gasteiger partial charge >= 0.3 is 0 Å². The Labute approximate surface area is 136 Å². The van der Waals surface area contributed by atoms with Crippen molar-refractivity contribution in [2.45, 2.75) is 44.6 Å². The molecule has 1 aromatic carbocycles. The van der Waals surface area contributed by atoms with E-state index in [4.69, 9.17) is 5.26 Å². The van der Waals surface area contributed by atoms with Gasteiger partial charge < -0.3 is 10.2 Å². The highest BCUT2D eigenvalue weighted by Gasteiger charge is 2.38. The van der Waals surface area contributed by atoms with Crippen LogP contribution in [-0.4, -0.2) is 29.3 Å². The SMILES string of the molecule is N#Cc1ccc(NC(=O)C2CC(=O)N(C3CCCCC3)C2)cc1. The summed E-state index contributed by atoms with van der Waals surface area (Å²) < 4.78 is 0. The number of rotatable bonds is 3. The first-order chi connectivity index (χ1) is 11.2. The van der Waals surface area contributed by atoms with Gasteiger partial charge in [-0.15, -0.1) is 0 Å². The maximum Gasteiger partial charge on any atom is 0.229 e. The molecule has 1 unspecified atom stereocenters. The Hall–Kier alpha value is -2.35. The van der Waals surface area contributed by atoms with Crippen LogP contribution >= 0.6 is 0 Å². The Kier molecular flexibility index (Phi) is 4.61. The zero-order valence-corrected chi connectivity index (χ0v) is 13.1. The second-order valence-electron chi connectivity index (χ2n) is 6.42. The van der Waals surface area contributed by atoms with E-state index in [2.05, 4.69) is 5.32 Å². The minimum absolute atomic E-state index is 0.108. The average Bonchev–Trinajstić information content (AvgIpc) is 2.98. The van der Waals surface area contributed by atoms with Gasteiger partial charge in [-0.05, 0) is 37.1 Å². The fourth-order valence-electron chi connectivity index (χ4n) is 3.53. The number of benzene rings is 1. The lowest BCUT2D eigenvalue weighted by Crippen LogP contribution is -2.38. The highest BCUT2D eigenvalue weighted by molar-refractivity contribution is 5.97. The number of hydrogen-bond donors (Lipinski definition) is 1. The summed E-state index contributed by atoms with van der Waals surface area (Å²) in [6.07, 6.45) is 6.04. The summed E-state index contributed by atoms with van der Waals surface area (Å²) >= 11 is 0. The molecule has 2 amide bonds. The van der Waals surface area contributed by atoms with Gasteiger partial charge in [0.2, 0.25) is 11.8 Å². The van der Waals surface area contributed by atoms with Gasteiger partial charge in [-0.25, -0.2) is 0 Å². The van der Waals surface area contributed by atoms with Crippen LogP contribution in [0.5, 0.6) is 0 Å². The van der Waals surface area contributed by atoms with Crippen LogP contribution in [0.4, 0.5) is 5.69 Å². The fraction of sp³-hybridized carbons (Fsp3) is 0.500. The molecule has 1 aromatic rings. The van der Waals surface area contributed by atoms with Crippen molar-refractivity contribution in [1.82, 2.24) is 4.90 Å². The minimum Gasteiger partial charge on any atom is -0.339 e. The van der Waals surface area contributed by atoms with E-state index >= 15 is 0 Å². The van der Waals surface area contributed by atoms with E-state index in [1.54, 1.807) is 24.3 Å². The molecule has 5 heteroatoms. The van der Waals surface area contributed by atoms with Crippen molar-refractivity contribution >= 4 is 17.5 Å². The number of anilines is 1. The van der Waals surface area contributed by atoms with Crippen molar-refractivity contribution in [3.63, 3.8) is 0 Å². The van der Waals surface area contributed by atoms with Gasteiger partial charge in [0.1, 0.15) is 0 Å². The van der Waals surface area contributed by atoms with E-state index in [-0.39, 0.29) is 17.7 Å². The number of likely N-dealkylation sites (tertiary alicyclic amines) is 1. The van der Waals surface area contributed by atoms with Crippen molar-refractivity contribution in [2.24, 2.45) is 5.92 Å². The Morgan fingerprint density at radius 1 is 1.17 bits per heavy atom. The normalized spacial score (nSPS) is 22.0. The Morgan fingerprint density at radius 3 is 2.52 bits per heavy atom. The van der Waals surface area contributed by atoms with Crippen LogP contribution in [0, 0.1) is 17.2 Å². The van der Waals surface area contributed by atoms with E-state index in [1.165, 1.54) is 19.3 Å². The first kappa shape index (κ1) is 15.5. The van der Waals surface area contributed by atoms with Crippen LogP contribution in [0.2, 0.25) is 0 Å². The summed E-state index contributed by atoms with van der Waals surface area (Å²) in [4.78, 5) is 26.5. The summed E-state index contributed by atoms with van der Waals surface area (Å²) in [5.41, 5.74) is 1.22. The first-order valence-corrected chi connectivity index (χ1v) is 8.28. The zero-order chi connectivity index (χ0) is 16.2. The fourth-order valence-corrected chi connectivity index (χ4v) is 3.53. The predicted octanol–water partition coefficient (Wildman–Crippen LogP) is 2.68. The molecule has 2 fully saturated rings. The maximum atomic E-state index is 12.4. The molecule has 0 spiro atoms. The highest BCUT2D eigenvalue weighted by Crippen LogP contribution is 2.29. The monoisotopic (exact) mass is 311 g/mol. The summed E-state index contributed by atoms with van der Waals surface area (Å²) in [6, 6.07) is 9.14. The van der Waals surface area contributed by atoms with Crippen LogP contribution in [0.25, 0.3) is 0 Å². The number of nitrogens with one attached hydrogen (secondary N) is 1. The molecule has 1 saturated carbocycles. The van der Waals surface area contributed by atoms with Gasteiger partial charge in [0.05, 0.1) is 17.6 Å². The summed E-state index contributed by atoms with van der Waals surface area (Å²) in [7, 11) is 0. The van der Waals surface area contributed by atoms with Crippen LogP contribution in [-0.2, 0) is 9.59 Å². The molecule has 1 atom stereocenters. The molecule has 0 bridgehead atoms. The minimum atomic E-state index is -0.278. The molecule has 23 heavy (non-hydrogen) atoms. The lowest BCUT2D eigenvalue weighted by Gasteiger charge is -2.31. The topological polar surface area (TPSA) is 73.2 Å². The summed E-state index contributed by atoms with van der Waals surface area (Å²) in [6.45, 7) is 0.533. The number of nitriles is 1. The third-order valence-corrected chi connectivity index (χ3v) is 4.83. The van der Waals surface area contributed by atoms with Gasteiger partial charge in [-0.2, -0.15) is 5.26 Å². The third-order valence-electron chi connectivity index (χ3n) is 4.83. The van der Waals surface area contributed by atoms with Crippen LogP contribution in [0.3, 0.4) is 0 Å². The van der Waals surface area contributed by atoms with Crippen molar-refractivity contribution in [3.05, 3.63) is 29.8 Å². The molecule has 5 nitrogen and oxygen atoms in total. The van der Waals surface area contributed by atoms with Gasteiger partial charge in [0, 0.05) is 24.7 Å². The van der Waals surface area contributed by atoms with Crippen LogP contribution < -0.4 is 5.32 Å². The van der Waals surface area contributed by atoms with E-state index < -0.39 is 0 Å². The summed E-state index contributed by atoms with van der Waals surface area (Å²) in [5, 5.41) is 11.6. The molecule has 120 valence electrons. The third kappa shape index (κ3) is 3.53. The van der Waals surface area contributed by atoms with Crippen molar-refractivity contribution < 1.29 is 9.59 Å². The molecule has 0 aromatic heterocycles. The number of carbonyl (C=O) groups excluding carboxylic acids is 2. The standard InChI is InChI=1S/C18H21N3O2/c19-11-13-6-8-15(9-7-13)20-18(23)14-10-17(22)21(12-14)16-4-2-1-3-5-16/h6-9,14,16H,1-5,10,12H2,(H,20,23). The molecule has 0 radical (unpaired) electrons. The number of hydrogen-bond acceptors (Lipinski definition) is 3. The van der Waals surface area contributed by atoms with Gasteiger partial charge in [0.15, 0.2) is 0 Å². The molecule has 1 N–H and O–H groups in total. The average molecular weight is 311 g/mol. The predicted molar refractivity (Wildman–Crippen MR) is 86.5 cm³/mol. The molecular formula is C18H21N3O2. The Balaban J connectivity index is 1.59. The molecule has 1 saturated heterocycles. The number of amides is 2. The second kappa shape index (κ2) is 6.82. The molecule has 2 aliphatic rings. The van der Waals surface area contributed by atoms with E-state index in [0.717, 1.165) is 12.8 Å². The highest BCUT2D eigenvalue weighted by atomic mass is 16.2. The number of carbonyl (C=O) groups is 2. The molecule has 1 aliphatic heterocycles. The van der Waals surface area contributed by atoms with Crippen molar-refractivity contribution in [1.29, 1.82) is 5.26 Å². The molecule has 1 heterocycles. The second-order valence-corrected chi connectivity index (χ2v) is 6.42. The maximum absolute atomic E-state index is 12.4. The molecular weight excluding hydrogens is 290 g/mol. The molecule has 1 aliphatic carbocycles. The Bertz CT molecular complexity index is 627. The summed E-state index contributed by atoms with van der Waals surface area (Å²) in [5.74, 6) is -0.279. The van der Waals surface area contributed by atoms with E-state index in [0.29, 0.717) is 30.3 Å². The lowest BCUT2D eigenvalue weighted by atomic mass is 9.94. The van der Waals surface area contributed by atoms with Gasteiger partial charge in [-0.3, -0.25) is 9.59 Å². The van der Waals surface area contributed by atoms with Crippen LogP contribution in [0.15, 0.2) is 24.3 Å². The molecule has 3 rings (SSSR count). The number of nitrogens with zero attached hydrogens (tertiary/aromatic N) is 2. The quantitative estimate of drug-likeness (QED) is 0.932. The van der Waals surface area contributed by atoms with Crippen LogP contribution in [0.1, 0.15) is 44.1 Å². The van der Waals surface area contributed by atoms with Gasteiger partial charge in [-0.1, -0.05) is 19.3 Å². The smallest absolute Gasteiger partial charge is 0.229 e. The lowest BCUT2D eigenvalue weighted by molar-refractivity contribution is -0.130. The largest absolute Gasteiger partial charge is 0.339 e. The van der Waals surface area contributed by atoms with Gasteiger partial charge in [0.25, 0.3) is 0 Å². The van der Waals surface area contributed by atoms with Crippen molar-refractivity contribution in [2.75, 3.05) is 11.9 Å². The van der Waals surface area contributed by atoms with Crippen molar-refractivity contribution in [3.8, 4) is 6.07 Å². The van der Waals surface area contributed by atoms with E-state index in [1.807, 2.05) is 11.0 Å². The van der Waals surface area contributed by atoms with E-state index in [9.17, 15) is 9.59 Å². The zero-order valence-electron chi connectivity index (χ0n) is 13.1.